The summed E-state index contributed by atoms with van der Waals surface area (Å²) in [5, 5.41) is 23.3. The molecular formula is C15H21N3O3S. The largest absolute Gasteiger partial charge is 0.384 e. The van der Waals surface area contributed by atoms with Crippen LogP contribution < -0.4 is 10.6 Å². The number of amides is 2. The second kappa shape index (κ2) is 6.93. The lowest BCUT2D eigenvalue weighted by atomic mass is 9.99. The Morgan fingerprint density at radius 2 is 2.27 bits per heavy atom. The summed E-state index contributed by atoms with van der Waals surface area (Å²) >= 11 is 1.51. The number of rotatable bonds is 6. The maximum atomic E-state index is 11.8. The zero-order valence-electron chi connectivity index (χ0n) is 12.9. The van der Waals surface area contributed by atoms with Gasteiger partial charge in [0.25, 0.3) is 0 Å². The second-order valence-corrected chi connectivity index (χ2v) is 6.47. The van der Waals surface area contributed by atoms with Crippen LogP contribution in [0.3, 0.4) is 0 Å². The summed E-state index contributed by atoms with van der Waals surface area (Å²) < 4.78 is 5.14. The van der Waals surface area contributed by atoms with Gasteiger partial charge in [0.2, 0.25) is 0 Å². The third kappa shape index (κ3) is 4.32. The number of thiophene rings is 1. The van der Waals surface area contributed by atoms with E-state index in [2.05, 4.69) is 15.8 Å². The Balaban J connectivity index is 1.78. The molecule has 3 N–H and O–H groups in total. The van der Waals surface area contributed by atoms with Crippen LogP contribution in [-0.2, 0) is 12.1 Å². The van der Waals surface area contributed by atoms with E-state index in [9.17, 15) is 9.90 Å². The van der Waals surface area contributed by atoms with Gasteiger partial charge in [-0.05, 0) is 35.2 Å². The van der Waals surface area contributed by atoms with Crippen LogP contribution in [0.25, 0.3) is 0 Å². The number of carbonyl (C=O) groups excluding carboxylic acids is 1. The molecule has 0 aliphatic carbocycles. The highest BCUT2D eigenvalue weighted by atomic mass is 32.1. The van der Waals surface area contributed by atoms with Crippen molar-refractivity contribution in [2.24, 2.45) is 0 Å². The highest BCUT2D eigenvalue weighted by Gasteiger charge is 2.24. The number of aliphatic hydroxyl groups is 1. The van der Waals surface area contributed by atoms with Gasteiger partial charge in [-0.3, -0.25) is 0 Å². The van der Waals surface area contributed by atoms with E-state index >= 15 is 0 Å². The first-order valence-corrected chi connectivity index (χ1v) is 8.05. The van der Waals surface area contributed by atoms with E-state index in [0.717, 1.165) is 11.3 Å². The molecule has 2 rings (SSSR count). The molecule has 0 saturated carbocycles. The molecule has 22 heavy (non-hydrogen) atoms. The summed E-state index contributed by atoms with van der Waals surface area (Å²) in [7, 11) is 0. The van der Waals surface area contributed by atoms with Crippen LogP contribution in [0, 0.1) is 0 Å². The number of nitrogens with zero attached hydrogens (tertiary/aromatic N) is 1. The molecule has 2 amide bonds. The molecule has 2 aromatic rings. The van der Waals surface area contributed by atoms with Gasteiger partial charge < -0.3 is 20.3 Å². The van der Waals surface area contributed by atoms with Crippen molar-refractivity contribution < 1.29 is 14.4 Å². The van der Waals surface area contributed by atoms with Crippen molar-refractivity contribution in [2.45, 2.75) is 38.8 Å². The van der Waals surface area contributed by atoms with Crippen LogP contribution in [0.4, 0.5) is 4.79 Å². The topological polar surface area (TPSA) is 87.4 Å². The summed E-state index contributed by atoms with van der Waals surface area (Å²) in [5.74, 6) is 0.885. The second-order valence-electron chi connectivity index (χ2n) is 5.69. The first kappa shape index (κ1) is 16.5. The number of carbonyl (C=O) groups is 1. The van der Waals surface area contributed by atoms with Crippen LogP contribution in [0.5, 0.6) is 0 Å². The standard InChI is InChI=1S/C15H21N3O3S/c1-10(2)13-6-12(21-18-13)7-16-14(19)17-9-15(3,20)11-4-5-22-8-11/h4-6,8,10,20H,7,9H2,1-3H3,(H2,16,17,19)/t15-/m1/s1. The Bertz CT molecular complexity index is 605. The summed E-state index contributed by atoms with van der Waals surface area (Å²) in [5.41, 5.74) is 0.557. The summed E-state index contributed by atoms with van der Waals surface area (Å²) in [6, 6.07) is 3.30. The Hall–Kier alpha value is -1.86. The number of nitrogens with one attached hydrogen (secondary N) is 2. The monoisotopic (exact) mass is 323 g/mol. The van der Waals surface area contributed by atoms with Gasteiger partial charge in [-0.2, -0.15) is 11.3 Å². The fourth-order valence-electron chi connectivity index (χ4n) is 1.84. The maximum absolute atomic E-state index is 11.8. The van der Waals surface area contributed by atoms with Crippen molar-refractivity contribution in [3.8, 4) is 0 Å². The van der Waals surface area contributed by atoms with E-state index in [0.29, 0.717) is 5.76 Å². The molecule has 120 valence electrons. The molecule has 0 aliphatic rings. The van der Waals surface area contributed by atoms with E-state index in [1.54, 1.807) is 6.92 Å². The molecule has 0 saturated heterocycles. The van der Waals surface area contributed by atoms with Crippen LogP contribution in [0.15, 0.2) is 27.4 Å². The van der Waals surface area contributed by atoms with E-state index in [1.165, 1.54) is 11.3 Å². The molecule has 0 aliphatic heterocycles. The molecule has 0 unspecified atom stereocenters. The quantitative estimate of drug-likeness (QED) is 0.762. The number of urea groups is 1. The SMILES string of the molecule is CC(C)c1cc(CNC(=O)NC[C@@](C)(O)c2ccsc2)on1. The van der Waals surface area contributed by atoms with Crippen LogP contribution in [0.1, 0.15) is 43.7 Å². The van der Waals surface area contributed by atoms with Gasteiger partial charge in [-0.15, -0.1) is 0 Å². The van der Waals surface area contributed by atoms with Gasteiger partial charge >= 0.3 is 6.03 Å². The Morgan fingerprint density at radius 3 is 2.86 bits per heavy atom. The van der Waals surface area contributed by atoms with E-state index < -0.39 is 5.60 Å². The molecule has 7 heteroatoms. The van der Waals surface area contributed by atoms with Crippen molar-refractivity contribution in [1.29, 1.82) is 0 Å². The van der Waals surface area contributed by atoms with Crippen LogP contribution in [-0.4, -0.2) is 22.8 Å². The molecule has 2 heterocycles. The molecule has 0 aromatic carbocycles. The molecule has 0 bridgehead atoms. The molecule has 1 atom stereocenters. The minimum Gasteiger partial charge on any atom is -0.384 e. The smallest absolute Gasteiger partial charge is 0.315 e. The van der Waals surface area contributed by atoms with Gasteiger partial charge in [0, 0.05) is 6.07 Å². The van der Waals surface area contributed by atoms with Gasteiger partial charge in [0.05, 0.1) is 18.8 Å². The van der Waals surface area contributed by atoms with E-state index in [-0.39, 0.29) is 25.0 Å². The predicted molar refractivity (Wildman–Crippen MR) is 84.7 cm³/mol. The van der Waals surface area contributed by atoms with E-state index in [4.69, 9.17) is 4.52 Å². The molecule has 0 fully saturated rings. The lowest BCUT2D eigenvalue weighted by Gasteiger charge is -2.22. The summed E-state index contributed by atoms with van der Waals surface area (Å²) in [4.78, 5) is 11.8. The van der Waals surface area contributed by atoms with Crippen molar-refractivity contribution in [1.82, 2.24) is 15.8 Å². The maximum Gasteiger partial charge on any atom is 0.315 e. The first-order valence-electron chi connectivity index (χ1n) is 7.11. The fourth-order valence-corrected chi connectivity index (χ4v) is 2.62. The van der Waals surface area contributed by atoms with Crippen molar-refractivity contribution in [3.05, 3.63) is 39.9 Å². The highest BCUT2D eigenvalue weighted by Crippen LogP contribution is 2.21. The Morgan fingerprint density at radius 1 is 1.50 bits per heavy atom. The molecule has 0 radical (unpaired) electrons. The average Bonchev–Trinajstić information content (AvgIpc) is 3.13. The summed E-state index contributed by atoms with van der Waals surface area (Å²) in [6.45, 7) is 6.10. The fraction of sp³-hybridized carbons (Fsp3) is 0.467. The van der Waals surface area contributed by atoms with Crippen molar-refractivity contribution >= 4 is 17.4 Å². The summed E-state index contributed by atoms with van der Waals surface area (Å²) in [6.07, 6.45) is 0. The number of hydrogen-bond donors (Lipinski definition) is 3. The van der Waals surface area contributed by atoms with Gasteiger partial charge in [0.15, 0.2) is 5.76 Å². The third-order valence-corrected chi connectivity index (χ3v) is 4.01. The van der Waals surface area contributed by atoms with Crippen molar-refractivity contribution in [2.75, 3.05) is 6.54 Å². The molecule has 2 aromatic heterocycles. The number of aromatic nitrogens is 1. The normalized spacial score (nSPS) is 13.9. The lowest BCUT2D eigenvalue weighted by Crippen LogP contribution is -2.43. The van der Waals surface area contributed by atoms with E-state index in [1.807, 2.05) is 36.7 Å². The van der Waals surface area contributed by atoms with Crippen LogP contribution in [0.2, 0.25) is 0 Å². The molecular weight excluding hydrogens is 302 g/mol. The zero-order chi connectivity index (χ0) is 16.2. The third-order valence-electron chi connectivity index (χ3n) is 3.33. The van der Waals surface area contributed by atoms with Gasteiger partial charge in [-0.1, -0.05) is 19.0 Å². The number of hydrogen-bond acceptors (Lipinski definition) is 5. The highest BCUT2D eigenvalue weighted by molar-refractivity contribution is 7.08. The Kier molecular flexibility index (Phi) is 5.20. The minimum atomic E-state index is -1.09. The zero-order valence-corrected chi connectivity index (χ0v) is 13.7. The van der Waals surface area contributed by atoms with Crippen molar-refractivity contribution in [3.63, 3.8) is 0 Å². The first-order chi connectivity index (χ1) is 10.4. The van der Waals surface area contributed by atoms with Crippen LogP contribution >= 0.6 is 11.3 Å². The predicted octanol–water partition coefficient (Wildman–Crippen LogP) is 2.57. The van der Waals surface area contributed by atoms with Gasteiger partial charge in [0.1, 0.15) is 5.60 Å². The Labute approximate surface area is 133 Å². The molecule has 6 nitrogen and oxygen atoms in total. The lowest BCUT2D eigenvalue weighted by molar-refractivity contribution is 0.0598. The minimum absolute atomic E-state index is 0.128. The average molecular weight is 323 g/mol. The molecule has 0 spiro atoms. The van der Waals surface area contributed by atoms with Gasteiger partial charge in [-0.25, -0.2) is 4.79 Å².